The largest absolute Gasteiger partial charge is 0.411 e. The van der Waals surface area contributed by atoms with Crippen LogP contribution in [0.25, 0.3) is 0 Å². The van der Waals surface area contributed by atoms with E-state index in [1.807, 2.05) is 0 Å². The van der Waals surface area contributed by atoms with Gasteiger partial charge in [-0.3, -0.25) is 0 Å². The van der Waals surface area contributed by atoms with Crippen LogP contribution >= 0.6 is 0 Å². The van der Waals surface area contributed by atoms with Gasteiger partial charge in [-0.2, -0.15) is 0 Å². The highest BCUT2D eigenvalue weighted by molar-refractivity contribution is 5.60. The first-order chi connectivity index (χ1) is 4.90. The lowest BCUT2D eigenvalue weighted by Gasteiger charge is -2.15. The lowest BCUT2D eigenvalue weighted by Crippen LogP contribution is -2.09. The molecule has 0 aromatic heterocycles. The monoisotopic (exact) mass is 139 g/mol. The van der Waals surface area contributed by atoms with Gasteiger partial charge in [-0.1, -0.05) is 0 Å². The Kier molecular flexibility index (Phi) is 1.40. The van der Waals surface area contributed by atoms with Gasteiger partial charge in [0.25, 0.3) is 0 Å². The standard InChI is InChI=1S/C8H13NO/c10-9-5-6-1-2-7-4-8(7)3-6/h5-8,10H,1-4H2. The lowest BCUT2D eigenvalue weighted by atomic mass is 9.90. The number of hydrogen-bond donors (Lipinski definition) is 1. The van der Waals surface area contributed by atoms with Gasteiger partial charge in [-0.15, -0.1) is 5.16 Å². The molecule has 0 saturated heterocycles. The van der Waals surface area contributed by atoms with Gasteiger partial charge < -0.3 is 5.21 Å². The zero-order valence-corrected chi connectivity index (χ0v) is 6.03. The maximum atomic E-state index is 8.29. The van der Waals surface area contributed by atoms with Crippen molar-refractivity contribution in [2.75, 3.05) is 0 Å². The Morgan fingerprint density at radius 1 is 1.20 bits per heavy atom. The first kappa shape index (κ1) is 6.20. The van der Waals surface area contributed by atoms with Crippen molar-refractivity contribution in [3.05, 3.63) is 0 Å². The molecule has 0 heterocycles. The number of fused-ring (bicyclic) bond motifs is 1. The van der Waals surface area contributed by atoms with Crippen molar-refractivity contribution < 1.29 is 5.21 Å². The third-order valence-corrected chi connectivity index (χ3v) is 2.86. The highest BCUT2D eigenvalue weighted by atomic mass is 16.4. The summed E-state index contributed by atoms with van der Waals surface area (Å²) in [5.74, 6) is 2.61. The highest BCUT2D eigenvalue weighted by Gasteiger charge is 2.41. The van der Waals surface area contributed by atoms with Crippen molar-refractivity contribution in [2.45, 2.75) is 25.7 Å². The van der Waals surface area contributed by atoms with Gasteiger partial charge in [0.05, 0.1) is 0 Å². The van der Waals surface area contributed by atoms with Gasteiger partial charge in [-0.25, -0.2) is 0 Å². The van der Waals surface area contributed by atoms with Crippen molar-refractivity contribution in [1.29, 1.82) is 0 Å². The van der Waals surface area contributed by atoms with Gasteiger partial charge in [-0.05, 0) is 43.4 Å². The van der Waals surface area contributed by atoms with E-state index < -0.39 is 0 Å². The molecule has 0 spiro atoms. The molecule has 10 heavy (non-hydrogen) atoms. The van der Waals surface area contributed by atoms with Crippen LogP contribution in [0.3, 0.4) is 0 Å². The van der Waals surface area contributed by atoms with Gasteiger partial charge in [0, 0.05) is 6.21 Å². The van der Waals surface area contributed by atoms with Gasteiger partial charge in [0.2, 0.25) is 0 Å². The number of hydrogen-bond acceptors (Lipinski definition) is 2. The smallest absolute Gasteiger partial charge is 0.0466 e. The molecule has 1 N–H and O–H groups in total. The molecule has 0 aromatic rings. The number of rotatable bonds is 1. The quantitative estimate of drug-likeness (QED) is 0.336. The summed E-state index contributed by atoms with van der Waals surface area (Å²) in [5.41, 5.74) is 0. The molecular weight excluding hydrogens is 126 g/mol. The van der Waals surface area contributed by atoms with Crippen LogP contribution in [0, 0.1) is 17.8 Å². The minimum Gasteiger partial charge on any atom is -0.411 e. The third-order valence-electron chi connectivity index (χ3n) is 2.86. The zero-order valence-electron chi connectivity index (χ0n) is 6.03. The van der Waals surface area contributed by atoms with Crippen molar-refractivity contribution in [2.24, 2.45) is 22.9 Å². The predicted molar refractivity (Wildman–Crippen MR) is 39.2 cm³/mol. The van der Waals surface area contributed by atoms with Crippen LogP contribution in [-0.4, -0.2) is 11.4 Å². The molecule has 2 nitrogen and oxygen atoms in total. The molecule has 0 bridgehead atoms. The van der Waals surface area contributed by atoms with E-state index in [0.717, 1.165) is 11.8 Å². The Balaban J connectivity index is 1.88. The van der Waals surface area contributed by atoms with Crippen LogP contribution in [0.2, 0.25) is 0 Å². The maximum absolute atomic E-state index is 8.29. The van der Waals surface area contributed by atoms with Crippen molar-refractivity contribution in [1.82, 2.24) is 0 Å². The van der Waals surface area contributed by atoms with E-state index in [1.54, 1.807) is 6.21 Å². The molecule has 0 amide bonds. The van der Waals surface area contributed by atoms with E-state index in [4.69, 9.17) is 5.21 Å². The second-order valence-electron chi connectivity index (χ2n) is 3.59. The molecule has 3 atom stereocenters. The molecule has 2 fully saturated rings. The third kappa shape index (κ3) is 1.02. The van der Waals surface area contributed by atoms with Gasteiger partial charge in [0.1, 0.15) is 0 Å². The Morgan fingerprint density at radius 3 is 2.80 bits per heavy atom. The van der Waals surface area contributed by atoms with E-state index in [9.17, 15) is 0 Å². The van der Waals surface area contributed by atoms with E-state index in [-0.39, 0.29) is 0 Å². The molecule has 2 aliphatic carbocycles. The Labute approximate surface area is 60.9 Å². The summed E-state index contributed by atoms with van der Waals surface area (Å²) in [7, 11) is 0. The van der Waals surface area contributed by atoms with E-state index in [0.29, 0.717) is 5.92 Å². The molecule has 2 saturated carbocycles. The number of oxime groups is 1. The second-order valence-corrected chi connectivity index (χ2v) is 3.59. The Bertz CT molecular complexity index is 155. The fourth-order valence-corrected chi connectivity index (χ4v) is 2.12. The van der Waals surface area contributed by atoms with Crippen LogP contribution < -0.4 is 0 Å². The molecule has 2 rings (SSSR count). The minimum atomic E-state index is 0.578. The van der Waals surface area contributed by atoms with Crippen molar-refractivity contribution in [3.8, 4) is 0 Å². The summed E-state index contributed by atoms with van der Waals surface area (Å²) in [6.07, 6.45) is 7.02. The molecular formula is C8H13NO. The Morgan fingerprint density at radius 2 is 2.10 bits per heavy atom. The van der Waals surface area contributed by atoms with Crippen molar-refractivity contribution >= 4 is 6.21 Å². The fraction of sp³-hybridized carbons (Fsp3) is 0.875. The van der Waals surface area contributed by atoms with Crippen LogP contribution in [0.1, 0.15) is 25.7 Å². The summed E-state index contributed by atoms with van der Waals surface area (Å²) < 4.78 is 0. The molecule has 0 aromatic carbocycles. The highest BCUT2D eigenvalue weighted by Crippen LogP contribution is 2.50. The average Bonchev–Trinajstić information content (AvgIpc) is 2.66. The summed E-state index contributed by atoms with van der Waals surface area (Å²) in [5, 5.41) is 11.4. The van der Waals surface area contributed by atoms with Gasteiger partial charge >= 0.3 is 0 Å². The molecule has 0 radical (unpaired) electrons. The lowest BCUT2D eigenvalue weighted by molar-refractivity contribution is 0.313. The molecule has 56 valence electrons. The number of nitrogens with zero attached hydrogens (tertiary/aromatic N) is 1. The summed E-state index contributed by atoms with van der Waals surface area (Å²) in [4.78, 5) is 0. The summed E-state index contributed by atoms with van der Waals surface area (Å²) in [6.45, 7) is 0. The fourth-order valence-electron chi connectivity index (χ4n) is 2.12. The summed E-state index contributed by atoms with van der Waals surface area (Å²) in [6, 6.07) is 0. The first-order valence-corrected chi connectivity index (χ1v) is 4.07. The van der Waals surface area contributed by atoms with E-state index in [2.05, 4.69) is 5.16 Å². The molecule has 0 aliphatic heterocycles. The first-order valence-electron chi connectivity index (χ1n) is 4.07. The maximum Gasteiger partial charge on any atom is 0.0466 e. The second kappa shape index (κ2) is 2.26. The average molecular weight is 139 g/mol. The molecule has 3 unspecified atom stereocenters. The minimum absolute atomic E-state index is 0.578. The predicted octanol–water partition coefficient (Wildman–Crippen LogP) is 1.88. The van der Waals surface area contributed by atoms with Crippen LogP contribution in [-0.2, 0) is 0 Å². The topological polar surface area (TPSA) is 32.6 Å². The normalized spacial score (nSPS) is 45.4. The summed E-state index contributed by atoms with van der Waals surface area (Å²) >= 11 is 0. The van der Waals surface area contributed by atoms with E-state index >= 15 is 0 Å². The molecule has 2 aliphatic rings. The molecule has 2 heteroatoms. The van der Waals surface area contributed by atoms with Crippen LogP contribution in [0.15, 0.2) is 5.16 Å². The van der Waals surface area contributed by atoms with Crippen LogP contribution in [0.4, 0.5) is 0 Å². The Hall–Kier alpha value is -0.530. The van der Waals surface area contributed by atoms with Gasteiger partial charge in [0.15, 0.2) is 0 Å². The van der Waals surface area contributed by atoms with E-state index in [1.165, 1.54) is 25.7 Å². The van der Waals surface area contributed by atoms with Crippen molar-refractivity contribution in [3.63, 3.8) is 0 Å². The van der Waals surface area contributed by atoms with Crippen LogP contribution in [0.5, 0.6) is 0 Å². The zero-order chi connectivity index (χ0) is 6.97. The SMILES string of the molecule is ON=CC1CCC2CC2C1.